The van der Waals surface area contributed by atoms with Crippen LogP contribution in [0.1, 0.15) is 21.7 Å². The highest BCUT2D eigenvalue weighted by Crippen LogP contribution is 2.16. The zero-order valence-corrected chi connectivity index (χ0v) is 9.29. The Hall–Kier alpha value is -1.40. The maximum Gasteiger partial charge on any atom is 0.274 e. The normalized spacial score (nSPS) is 14.6. The number of hydrogen-bond acceptors (Lipinski definition) is 4. The number of nitrogens with zero attached hydrogens (tertiary/aromatic N) is 2. The summed E-state index contributed by atoms with van der Waals surface area (Å²) in [6.45, 7) is 1.89. The number of H-pyrrole nitrogens is 1. The Labute approximate surface area is 93.6 Å². The monoisotopic (exact) mass is 224 g/mol. The van der Waals surface area contributed by atoms with Crippen molar-refractivity contribution in [2.45, 2.75) is 13.0 Å². The van der Waals surface area contributed by atoms with Crippen molar-refractivity contribution in [3.63, 3.8) is 0 Å². The highest BCUT2D eigenvalue weighted by atomic mass is 16.3. The summed E-state index contributed by atoms with van der Waals surface area (Å²) in [5.41, 5.74) is 2.47. The number of hydrogen-bond donors (Lipinski definition) is 3. The molecule has 1 aliphatic heterocycles. The Morgan fingerprint density at radius 2 is 2.44 bits per heavy atom. The van der Waals surface area contributed by atoms with Crippen molar-refractivity contribution >= 4 is 5.91 Å². The molecule has 1 amide bonds. The number of rotatable bonds is 3. The fourth-order valence-electron chi connectivity index (χ4n) is 1.83. The third kappa shape index (κ3) is 1.94. The molecule has 1 aromatic heterocycles. The number of amides is 1. The minimum atomic E-state index is -0.143. The second-order valence-electron chi connectivity index (χ2n) is 3.91. The highest BCUT2D eigenvalue weighted by Gasteiger charge is 2.23. The first-order chi connectivity index (χ1) is 7.74. The lowest BCUT2D eigenvalue weighted by Crippen LogP contribution is -2.32. The predicted molar refractivity (Wildman–Crippen MR) is 58.0 cm³/mol. The van der Waals surface area contributed by atoms with Crippen LogP contribution < -0.4 is 5.32 Å². The van der Waals surface area contributed by atoms with Crippen LogP contribution in [0.5, 0.6) is 0 Å². The van der Waals surface area contributed by atoms with Crippen LogP contribution in [-0.2, 0) is 13.0 Å². The Morgan fingerprint density at radius 1 is 1.62 bits per heavy atom. The van der Waals surface area contributed by atoms with E-state index in [2.05, 4.69) is 15.5 Å². The number of nitrogens with one attached hydrogen (secondary N) is 2. The molecule has 3 N–H and O–H groups in total. The van der Waals surface area contributed by atoms with Gasteiger partial charge in [0.2, 0.25) is 0 Å². The first-order valence-electron chi connectivity index (χ1n) is 5.37. The number of carbonyl (C=O) groups is 1. The van der Waals surface area contributed by atoms with E-state index < -0.39 is 0 Å². The van der Waals surface area contributed by atoms with Gasteiger partial charge in [0.15, 0.2) is 5.69 Å². The van der Waals surface area contributed by atoms with Crippen LogP contribution in [0.2, 0.25) is 0 Å². The fraction of sp³-hybridized carbons (Fsp3) is 0.600. The minimum absolute atomic E-state index is 0.0346. The quantitative estimate of drug-likeness (QED) is 0.623. The molecule has 0 fully saturated rings. The molecular formula is C10H16N4O2. The van der Waals surface area contributed by atoms with Crippen LogP contribution in [0.4, 0.5) is 0 Å². The van der Waals surface area contributed by atoms with E-state index in [9.17, 15) is 4.79 Å². The molecule has 0 unspecified atom stereocenters. The average Bonchev–Trinajstić information content (AvgIpc) is 2.72. The molecule has 88 valence electrons. The molecule has 0 atom stereocenters. The number of likely N-dealkylation sites (N-methyl/N-ethyl adjacent to an activating group) is 1. The third-order valence-corrected chi connectivity index (χ3v) is 2.79. The molecule has 0 aliphatic carbocycles. The molecule has 6 heteroatoms. The second-order valence-corrected chi connectivity index (χ2v) is 3.91. The Balaban J connectivity index is 2.20. The van der Waals surface area contributed by atoms with Gasteiger partial charge >= 0.3 is 0 Å². The molecule has 2 heterocycles. The molecule has 6 nitrogen and oxygen atoms in total. The number of aliphatic hydroxyl groups excluding tert-OH is 1. The van der Waals surface area contributed by atoms with E-state index in [0.717, 1.165) is 24.2 Å². The summed E-state index contributed by atoms with van der Waals surface area (Å²) in [5.74, 6) is -0.143. The van der Waals surface area contributed by atoms with Crippen molar-refractivity contribution in [1.82, 2.24) is 20.4 Å². The third-order valence-electron chi connectivity index (χ3n) is 2.79. The van der Waals surface area contributed by atoms with Gasteiger partial charge in [-0.15, -0.1) is 0 Å². The van der Waals surface area contributed by atoms with Crippen molar-refractivity contribution in [3.05, 3.63) is 17.0 Å². The zero-order chi connectivity index (χ0) is 11.5. The molecule has 0 spiro atoms. The summed E-state index contributed by atoms with van der Waals surface area (Å²) in [5, 5.41) is 19.0. The molecule has 0 radical (unpaired) electrons. The van der Waals surface area contributed by atoms with E-state index in [1.54, 1.807) is 7.05 Å². The van der Waals surface area contributed by atoms with Crippen molar-refractivity contribution in [2.75, 3.05) is 26.7 Å². The lowest BCUT2D eigenvalue weighted by molar-refractivity contribution is 0.0760. The number of carbonyl (C=O) groups excluding carboxylic acids is 1. The smallest absolute Gasteiger partial charge is 0.274 e. The van der Waals surface area contributed by atoms with E-state index in [4.69, 9.17) is 5.11 Å². The molecule has 1 aliphatic rings. The molecular weight excluding hydrogens is 208 g/mol. The maximum absolute atomic E-state index is 12.0. The summed E-state index contributed by atoms with van der Waals surface area (Å²) >= 11 is 0. The Kier molecular flexibility index (Phi) is 3.21. The van der Waals surface area contributed by atoms with Crippen molar-refractivity contribution in [3.8, 4) is 0 Å². The van der Waals surface area contributed by atoms with Gasteiger partial charge in [-0.1, -0.05) is 0 Å². The molecule has 0 aromatic carbocycles. The van der Waals surface area contributed by atoms with Crippen molar-refractivity contribution in [2.24, 2.45) is 0 Å². The van der Waals surface area contributed by atoms with Gasteiger partial charge in [-0.05, 0) is 0 Å². The number of fused-ring (bicyclic) bond motifs is 1. The second kappa shape index (κ2) is 4.63. The largest absolute Gasteiger partial charge is 0.395 e. The fourth-order valence-corrected chi connectivity index (χ4v) is 1.83. The molecule has 0 saturated carbocycles. The van der Waals surface area contributed by atoms with E-state index in [1.807, 2.05) is 0 Å². The van der Waals surface area contributed by atoms with Gasteiger partial charge in [-0.3, -0.25) is 9.89 Å². The Morgan fingerprint density at radius 3 is 3.19 bits per heavy atom. The number of aromatic amines is 1. The van der Waals surface area contributed by atoms with Gasteiger partial charge in [0.05, 0.1) is 6.61 Å². The van der Waals surface area contributed by atoms with Gasteiger partial charge in [-0.25, -0.2) is 0 Å². The van der Waals surface area contributed by atoms with Gasteiger partial charge in [0.25, 0.3) is 5.91 Å². The topological polar surface area (TPSA) is 81.2 Å². The molecule has 0 bridgehead atoms. The molecule has 0 saturated heterocycles. The minimum Gasteiger partial charge on any atom is -0.395 e. The van der Waals surface area contributed by atoms with Crippen LogP contribution in [-0.4, -0.2) is 52.9 Å². The lowest BCUT2D eigenvalue weighted by Gasteiger charge is -2.17. The summed E-state index contributed by atoms with van der Waals surface area (Å²) in [6.07, 6.45) is 0.874. The highest BCUT2D eigenvalue weighted by molar-refractivity contribution is 5.93. The Bertz CT molecular complexity index is 388. The van der Waals surface area contributed by atoms with E-state index in [0.29, 0.717) is 18.8 Å². The zero-order valence-electron chi connectivity index (χ0n) is 9.29. The standard InChI is InChI=1S/C10H16N4O2/c1-14(4-5-15)10(16)9-7-6-11-3-2-8(7)12-13-9/h11,15H,2-6H2,1H3,(H,12,13). The summed E-state index contributed by atoms with van der Waals surface area (Å²) < 4.78 is 0. The van der Waals surface area contributed by atoms with E-state index >= 15 is 0 Å². The summed E-state index contributed by atoms with van der Waals surface area (Å²) in [4.78, 5) is 13.4. The van der Waals surface area contributed by atoms with Gasteiger partial charge in [0, 0.05) is 44.4 Å². The first-order valence-corrected chi connectivity index (χ1v) is 5.37. The molecule has 1 aromatic rings. The van der Waals surface area contributed by atoms with Crippen LogP contribution in [0.25, 0.3) is 0 Å². The average molecular weight is 224 g/mol. The summed E-state index contributed by atoms with van der Waals surface area (Å²) in [7, 11) is 1.66. The number of aromatic nitrogens is 2. The van der Waals surface area contributed by atoms with Crippen LogP contribution in [0.3, 0.4) is 0 Å². The number of aliphatic hydroxyl groups is 1. The lowest BCUT2D eigenvalue weighted by atomic mass is 10.1. The van der Waals surface area contributed by atoms with Crippen LogP contribution in [0.15, 0.2) is 0 Å². The van der Waals surface area contributed by atoms with Crippen LogP contribution in [0, 0.1) is 0 Å². The molecule has 2 rings (SSSR count). The van der Waals surface area contributed by atoms with E-state index in [-0.39, 0.29) is 12.5 Å². The van der Waals surface area contributed by atoms with Gasteiger partial charge in [0.1, 0.15) is 0 Å². The van der Waals surface area contributed by atoms with Gasteiger partial charge < -0.3 is 15.3 Å². The van der Waals surface area contributed by atoms with Crippen molar-refractivity contribution < 1.29 is 9.90 Å². The van der Waals surface area contributed by atoms with E-state index in [1.165, 1.54) is 4.90 Å². The summed E-state index contributed by atoms with van der Waals surface area (Å²) in [6, 6.07) is 0. The molecule has 16 heavy (non-hydrogen) atoms. The van der Waals surface area contributed by atoms with Gasteiger partial charge in [-0.2, -0.15) is 5.10 Å². The van der Waals surface area contributed by atoms with Crippen LogP contribution >= 0.6 is 0 Å². The predicted octanol–water partition coefficient (Wildman–Crippen LogP) is -0.880. The first kappa shape index (κ1) is 11.1. The SMILES string of the molecule is CN(CCO)C(=O)c1n[nH]c2c1CNCC2. The van der Waals surface area contributed by atoms with Crippen molar-refractivity contribution in [1.29, 1.82) is 0 Å². The maximum atomic E-state index is 12.0.